The molecule has 0 radical (unpaired) electrons. The number of amides is 2. The lowest BCUT2D eigenvalue weighted by Crippen LogP contribution is -2.54. The molecule has 0 unspecified atom stereocenters. The van der Waals surface area contributed by atoms with Gasteiger partial charge in [-0.2, -0.15) is 0 Å². The molecule has 11 heteroatoms. The normalized spacial score (nSPS) is 12.4. The van der Waals surface area contributed by atoms with Crippen molar-refractivity contribution in [3.8, 4) is 11.5 Å². The zero-order chi connectivity index (χ0) is 34.7. The Morgan fingerprint density at radius 2 is 1.52 bits per heavy atom. The minimum Gasteiger partial charge on any atom is -0.497 e. The van der Waals surface area contributed by atoms with Gasteiger partial charge in [0.1, 0.15) is 24.1 Å². The summed E-state index contributed by atoms with van der Waals surface area (Å²) >= 11 is 6.08. The lowest BCUT2D eigenvalue weighted by atomic mass is 10.0. The maximum Gasteiger partial charge on any atom is 0.264 e. The second kappa shape index (κ2) is 17.0. The highest BCUT2D eigenvalue weighted by Gasteiger charge is 2.35. The van der Waals surface area contributed by atoms with Crippen LogP contribution in [0.4, 0.5) is 5.69 Å². The molecule has 0 saturated heterocycles. The Morgan fingerprint density at radius 1 is 0.854 bits per heavy atom. The van der Waals surface area contributed by atoms with Gasteiger partial charge in [-0.3, -0.25) is 13.9 Å². The number of sulfonamides is 1. The van der Waals surface area contributed by atoms with Gasteiger partial charge in [0.25, 0.3) is 10.0 Å². The third-order valence-electron chi connectivity index (χ3n) is 7.88. The van der Waals surface area contributed by atoms with Crippen LogP contribution in [0.3, 0.4) is 0 Å². The van der Waals surface area contributed by atoms with Gasteiger partial charge in [0.2, 0.25) is 11.8 Å². The standard InChI is InChI=1S/C37H42ClN3O6S/c1-5-27(3)39-37(43)35(24-28-11-8-7-9-12-28)40(25-29-13-10-14-33(23-29)46-4)36(42)26-41(31-17-19-32(20-18-31)47-6-2)48(44,45)34-21-15-30(38)16-22-34/h7-23,27,35H,5-6,24-26H2,1-4H3,(H,39,43)/t27-,35-/m0/s1. The molecule has 0 spiro atoms. The molecule has 48 heavy (non-hydrogen) atoms. The summed E-state index contributed by atoms with van der Waals surface area (Å²) < 4.78 is 40.5. The van der Waals surface area contributed by atoms with E-state index in [9.17, 15) is 18.0 Å². The molecule has 0 saturated carbocycles. The summed E-state index contributed by atoms with van der Waals surface area (Å²) in [6.07, 6.45) is 0.907. The van der Waals surface area contributed by atoms with Crippen molar-refractivity contribution >= 4 is 39.1 Å². The Hall–Kier alpha value is -4.54. The first-order valence-electron chi connectivity index (χ1n) is 15.8. The minimum absolute atomic E-state index is 0.0274. The Bertz CT molecular complexity index is 1750. The number of carbonyl (C=O) groups excluding carboxylic acids is 2. The number of methoxy groups -OCH3 is 1. The molecular weight excluding hydrogens is 650 g/mol. The highest BCUT2D eigenvalue weighted by molar-refractivity contribution is 7.92. The van der Waals surface area contributed by atoms with Crippen molar-refractivity contribution in [2.75, 3.05) is 24.6 Å². The molecule has 0 heterocycles. The molecular formula is C37H42ClN3O6S. The van der Waals surface area contributed by atoms with Gasteiger partial charge in [-0.05, 0) is 92.1 Å². The van der Waals surface area contributed by atoms with Crippen molar-refractivity contribution in [3.63, 3.8) is 0 Å². The van der Waals surface area contributed by atoms with Gasteiger partial charge in [-0.15, -0.1) is 0 Å². The summed E-state index contributed by atoms with van der Waals surface area (Å²) in [5.74, 6) is 0.243. The van der Waals surface area contributed by atoms with E-state index in [-0.39, 0.29) is 35.5 Å². The topological polar surface area (TPSA) is 105 Å². The van der Waals surface area contributed by atoms with Crippen molar-refractivity contribution in [1.29, 1.82) is 0 Å². The third kappa shape index (κ3) is 9.51. The number of rotatable bonds is 16. The summed E-state index contributed by atoms with van der Waals surface area (Å²) in [7, 11) is -2.72. The molecule has 4 aromatic rings. The van der Waals surface area contributed by atoms with Crippen molar-refractivity contribution in [3.05, 3.63) is 119 Å². The Kier molecular flexibility index (Phi) is 12.9. The van der Waals surface area contributed by atoms with Crippen LogP contribution in [0.25, 0.3) is 0 Å². The number of benzene rings is 4. The predicted molar refractivity (Wildman–Crippen MR) is 189 cm³/mol. The van der Waals surface area contributed by atoms with E-state index in [4.69, 9.17) is 21.1 Å². The Labute approximate surface area is 288 Å². The van der Waals surface area contributed by atoms with E-state index in [0.29, 0.717) is 35.1 Å². The number of nitrogens with zero attached hydrogens (tertiary/aromatic N) is 2. The second-order valence-corrected chi connectivity index (χ2v) is 13.6. The summed E-state index contributed by atoms with van der Waals surface area (Å²) in [6.45, 7) is 5.60. The van der Waals surface area contributed by atoms with E-state index < -0.39 is 28.5 Å². The first kappa shape index (κ1) is 36.3. The molecule has 1 N–H and O–H groups in total. The summed E-state index contributed by atoms with van der Waals surface area (Å²) in [6, 6.07) is 27.8. The van der Waals surface area contributed by atoms with Gasteiger partial charge in [0.15, 0.2) is 0 Å². The van der Waals surface area contributed by atoms with Crippen molar-refractivity contribution in [2.24, 2.45) is 0 Å². The molecule has 0 fully saturated rings. The van der Waals surface area contributed by atoms with Crippen molar-refractivity contribution < 1.29 is 27.5 Å². The Morgan fingerprint density at radius 3 is 2.15 bits per heavy atom. The smallest absolute Gasteiger partial charge is 0.264 e. The van der Waals surface area contributed by atoms with Crippen LogP contribution in [0.5, 0.6) is 11.5 Å². The molecule has 9 nitrogen and oxygen atoms in total. The molecule has 0 aliphatic rings. The zero-order valence-corrected chi connectivity index (χ0v) is 29.2. The van der Waals surface area contributed by atoms with Gasteiger partial charge in [0.05, 0.1) is 24.3 Å². The van der Waals surface area contributed by atoms with E-state index in [2.05, 4.69) is 5.32 Å². The fourth-order valence-electron chi connectivity index (χ4n) is 5.10. The molecule has 0 aliphatic heterocycles. The monoisotopic (exact) mass is 691 g/mol. The van der Waals surface area contributed by atoms with Gasteiger partial charge >= 0.3 is 0 Å². The van der Waals surface area contributed by atoms with Crippen LogP contribution in [-0.2, 0) is 32.6 Å². The maximum absolute atomic E-state index is 14.6. The van der Waals surface area contributed by atoms with E-state index in [1.807, 2.05) is 57.2 Å². The van der Waals surface area contributed by atoms with Gasteiger partial charge in [-0.1, -0.05) is 61.0 Å². The first-order chi connectivity index (χ1) is 23.0. The first-order valence-corrected chi connectivity index (χ1v) is 17.6. The average molecular weight is 692 g/mol. The van der Waals surface area contributed by atoms with E-state index >= 15 is 0 Å². The highest BCUT2D eigenvalue weighted by atomic mass is 35.5. The second-order valence-electron chi connectivity index (χ2n) is 11.3. The minimum atomic E-state index is -4.27. The number of carbonyl (C=O) groups is 2. The number of halogens is 1. The number of anilines is 1. The van der Waals surface area contributed by atoms with Crippen LogP contribution in [-0.4, -0.2) is 57.5 Å². The molecule has 0 aliphatic carbocycles. The van der Waals surface area contributed by atoms with Gasteiger partial charge in [0, 0.05) is 24.0 Å². The van der Waals surface area contributed by atoms with Gasteiger partial charge < -0.3 is 19.7 Å². The largest absolute Gasteiger partial charge is 0.497 e. The van der Waals surface area contributed by atoms with E-state index in [0.717, 1.165) is 9.87 Å². The van der Waals surface area contributed by atoms with Crippen LogP contribution in [0, 0.1) is 0 Å². The number of ether oxygens (including phenoxy) is 2. The van der Waals surface area contributed by atoms with Gasteiger partial charge in [-0.25, -0.2) is 8.42 Å². The Balaban J connectivity index is 1.82. The number of hydrogen-bond donors (Lipinski definition) is 1. The van der Waals surface area contributed by atoms with E-state index in [1.54, 1.807) is 49.6 Å². The molecule has 2 atom stereocenters. The molecule has 2 amide bonds. The van der Waals surface area contributed by atoms with Crippen LogP contribution in [0.1, 0.15) is 38.3 Å². The third-order valence-corrected chi connectivity index (χ3v) is 9.92. The fraction of sp³-hybridized carbons (Fsp3) is 0.297. The maximum atomic E-state index is 14.6. The molecule has 4 rings (SSSR count). The van der Waals surface area contributed by atoms with Crippen LogP contribution < -0.4 is 19.1 Å². The average Bonchev–Trinajstić information content (AvgIpc) is 3.09. The number of hydrogen-bond acceptors (Lipinski definition) is 6. The molecule has 0 aromatic heterocycles. The van der Waals surface area contributed by atoms with E-state index in [1.165, 1.54) is 29.2 Å². The molecule has 0 bridgehead atoms. The summed E-state index contributed by atoms with van der Waals surface area (Å²) in [4.78, 5) is 30.1. The van der Waals surface area contributed by atoms with Crippen molar-refractivity contribution in [2.45, 2.75) is 57.1 Å². The van der Waals surface area contributed by atoms with Crippen molar-refractivity contribution in [1.82, 2.24) is 10.2 Å². The SMILES string of the molecule is CCOc1ccc(N(CC(=O)N(Cc2cccc(OC)c2)[C@@H](Cc2ccccc2)C(=O)N[C@@H](C)CC)S(=O)(=O)c2ccc(Cl)cc2)cc1. The number of nitrogens with one attached hydrogen (secondary N) is 1. The molecule has 254 valence electrons. The van der Waals surface area contributed by atoms with Crippen LogP contribution >= 0.6 is 11.6 Å². The molecule has 4 aromatic carbocycles. The quantitative estimate of drug-likeness (QED) is 0.144. The summed E-state index contributed by atoms with van der Waals surface area (Å²) in [5.41, 5.74) is 1.82. The van der Waals surface area contributed by atoms with Crippen LogP contribution in [0.15, 0.2) is 108 Å². The summed E-state index contributed by atoms with van der Waals surface area (Å²) in [5, 5.41) is 3.42. The lowest BCUT2D eigenvalue weighted by molar-refractivity contribution is -0.140. The lowest BCUT2D eigenvalue weighted by Gasteiger charge is -2.34. The predicted octanol–water partition coefficient (Wildman–Crippen LogP) is 6.50. The van der Waals surface area contributed by atoms with Crippen LogP contribution in [0.2, 0.25) is 5.02 Å². The highest BCUT2D eigenvalue weighted by Crippen LogP contribution is 2.28. The zero-order valence-electron chi connectivity index (χ0n) is 27.6. The fourth-order valence-corrected chi connectivity index (χ4v) is 6.64.